The van der Waals surface area contributed by atoms with E-state index in [1.54, 1.807) is 0 Å². The van der Waals surface area contributed by atoms with Crippen LogP contribution in [0.4, 0.5) is 32.0 Å². The summed E-state index contributed by atoms with van der Waals surface area (Å²) < 4.78 is 112. The first-order chi connectivity index (χ1) is 18.8. The number of alkyl halides is 3. The van der Waals surface area contributed by atoms with E-state index >= 15 is 4.39 Å². The largest absolute Gasteiger partial charge is 0.449 e. The summed E-state index contributed by atoms with van der Waals surface area (Å²) in [5.41, 5.74) is -0.0375. The number of sulfonamides is 1. The van der Waals surface area contributed by atoms with Crippen LogP contribution in [0.5, 0.6) is 0 Å². The normalized spacial score (nSPS) is 12.9. The molecule has 1 heterocycles. The number of rotatable bonds is 9. The van der Waals surface area contributed by atoms with Crippen LogP contribution < -0.4 is 4.31 Å². The van der Waals surface area contributed by atoms with Crippen molar-refractivity contribution < 1.29 is 34.8 Å². The molecule has 4 aromatic rings. The van der Waals surface area contributed by atoms with Crippen molar-refractivity contribution in [3.8, 4) is 0 Å². The van der Waals surface area contributed by atoms with Gasteiger partial charge in [0.25, 0.3) is 10.0 Å². The van der Waals surface area contributed by atoms with E-state index < -0.39 is 51.2 Å². The molecule has 0 spiro atoms. The van der Waals surface area contributed by atoms with Gasteiger partial charge in [0.15, 0.2) is 0 Å². The lowest BCUT2D eigenvalue weighted by molar-refractivity contribution is -0.147. The SMILES string of the molecule is CC(c1ccc(F)cc1CCCn1ccnc1C(F)(F)F)N(c1cc(F)ccc1F)S(=O)(=O)c1ccc(Cl)cc1. The Kier molecular flexibility index (Phi) is 8.50. The van der Waals surface area contributed by atoms with Gasteiger partial charge in [0, 0.05) is 30.0 Å². The fourth-order valence-corrected chi connectivity index (χ4v) is 6.19. The first kappa shape index (κ1) is 29.5. The van der Waals surface area contributed by atoms with Crippen molar-refractivity contribution in [1.29, 1.82) is 0 Å². The van der Waals surface area contributed by atoms with Gasteiger partial charge in [0.05, 0.1) is 16.6 Å². The molecule has 0 saturated heterocycles. The highest BCUT2D eigenvalue weighted by molar-refractivity contribution is 7.92. The van der Waals surface area contributed by atoms with Gasteiger partial charge in [-0.2, -0.15) is 13.2 Å². The van der Waals surface area contributed by atoms with E-state index in [2.05, 4.69) is 4.98 Å². The molecule has 5 nitrogen and oxygen atoms in total. The minimum Gasteiger partial charge on any atom is -0.327 e. The lowest BCUT2D eigenvalue weighted by Crippen LogP contribution is -2.35. The minimum absolute atomic E-state index is 0.0490. The molecule has 0 aliphatic heterocycles. The Labute approximate surface area is 231 Å². The number of nitrogens with zero attached hydrogens (tertiary/aromatic N) is 3. The van der Waals surface area contributed by atoms with E-state index in [1.165, 1.54) is 43.5 Å². The van der Waals surface area contributed by atoms with E-state index in [0.717, 1.165) is 41.1 Å². The zero-order chi connectivity index (χ0) is 29.2. The molecule has 1 atom stereocenters. The highest BCUT2D eigenvalue weighted by atomic mass is 35.5. The number of aryl methyl sites for hydroxylation is 2. The van der Waals surface area contributed by atoms with E-state index in [9.17, 15) is 30.4 Å². The maximum absolute atomic E-state index is 15.0. The van der Waals surface area contributed by atoms with Crippen LogP contribution in [0.25, 0.3) is 0 Å². The third-order valence-electron chi connectivity index (χ3n) is 6.24. The molecule has 1 aromatic heterocycles. The first-order valence-corrected chi connectivity index (χ1v) is 13.7. The van der Waals surface area contributed by atoms with Crippen molar-refractivity contribution in [3.63, 3.8) is 0 Å². The summed E-state index contributed by atoms with van der Waals surface area (Å²) in [7, 11) is -4.53. The Bertz CT molecular complexity index is 1610. The second-order valence-corrected chi connectivity index (χ2v) is 11.2. The van der Waals surface area contributed by atoms with Crippen LogP contribution in [0, 0.1) is 17.5 Å². The number of halogens is 7. The monoisotopic (exact) mass is 601 g/mol. The molecule has 0 saturated carbocycles. The van der Waals surface area contributed by atoms with Gasteiger partial charge in [0.2, 0.25) is 5.82 Å². The summed E-state index contributed by atoms with van der Waals surface area (Å²) in [5.74, 6) is -3.65. The summed E-state index contributed by atoms with van der Waals surface area (Å²) in [6, 6.07) is 9.79. The van der Waals surface area contributed by atoms with Gasteiger partial charge in [0.1, 0.15) is 17.5 Å². The topological polar surface area (TPSA) is 55.2 Å². The number of hydrogen-bond donors (Lipinski definition) is 0. The van der Waals surface area contributed by atoms with E-state index in [1.807, 2.05) is 0 Å². The Morgan fingerprint density at radius 2 is 1.62 bits per heavy atom. The molecule has 212 valence electrons. The van der Waals surface area contributed by atoms with Crippen molar-refractivity contribution in [3.05, 3.63) is 112 Å². The molecule has 1 unspecified atom stereocenters. The zero-order valence-corrected chi connectivity index (χ0v) is 22.4. The molecular formula is C27H22ClF6N3O2S. The number of anilines is 1. The Morgan fingerprint density at radius 1 is 0.975 bits per heavy atom. The third-order valence-corrected chi connectivity index (χ3v) is 8.39. The smallest absolute Gasteiger partial charge is 0.327 e. The molecule has 40 heavy (non-hydrogen) atoms. The summed E-state index contributed by atoms with van der Waals surface area (Å²) >= 11 is 5.90. The van der Waals surface area contributed by atoms with Crippen LogP contribution in [-0.2, 0) is 29.2 Å². The molecule has 0 fully saturated rings. The lowest BCUT2D eigenvalue weighted by atomic mass is 9.97. The van der Waals surface area contributed by atoms with Crippen LogP contribution in [0.1, 0.15) is 36.3 Å². The third kappa shape index (κ3) is 6.28. The molecule has 0 bridgehead atoms. The van der Waals surface area contributed by atoms with Gasteiger partial charge in [-0.05, 0) is 79.4 Å². The standard InChI is InChI=1S/C27H22ClF6N3O2S/c1-17(23-10-6-20(29)15-18(23)3-2-13-36-14-12-35-26(36)27(32,33)34)37(25-16-21(30)7-11-24(25)31)40(38,39)22-8-4-19(28)5-9-22/h4-12,14-17H,2-3,13H2,1H3. The van der Waals surface area contributed by atoms with Crippen molar-refractivity contribution in [1.82, 2.24) is 9.55 Å². The minimum atomic E-state index is -4.66. The van der Waals surface area contributed by atoms with Gasteiger partial charge in [-0.1, -0.05) is 17.7 Å². The molecule has 0 amide bonds. The van der Waals surface area contributed by atoms with Crippen LogP contribution >= 0.6 is 11.6 Å². The second kappa shape index (κ2) is 11.5. The van der Waals surface area contributed by atoms with Crippen LogP contribution in [-0.4, -0.2) is 18.0 Å². The summed E-state index contributed by atoms with van der Waals surface area (Å²) in [4.78, 5) is 3.08. The Morgan fingerprint density at radius 3 is 2.30 bits per heavy atom. The van der Waals surface area contributed by atoms with Crippen molar-refractivity contribution in [2.75, 3.05) is 4.31 Å². The molecule has 0 aliphatic rings. The number of benzene rings is 3. The van der Waals surface area contributed by atoms with Gasteiger partial charge in [-0.3, -0.25) is 4.31 Å². The van der Waals surface area contributed by atoms with E-state index in [0.29, 0.717) is 4.31 Å². The second-order valence-electron chi connectivity index (χ2n) is 8.92. The van der Waals surface area contributed by atoms with Gasteiger partial charge in [-0.15, -0.1) is 0 Å². The van der Waals surface area contributed by atoms with Crippen molar-refractivity contribution in [2.45, 2.75) is 43.4 Å². The number of imidazole rings is 1. The van der Waals surface area contributed by atoms with Crippen LogP contribution in [0.3, 0.4) is 0 Å². The Hall–Kier alpha value is -3.51. The van der Waals surface area contributed by atoms with Crippen molar-refractivity contribution in [2.24, 2.45) is 0 Å². The maximum Gasteiger partial charge on any atom is 0.449 e. The molecule has 3 aromatic carbocycles. The highest BCUT2D eigenvalue weighted by Gasteiger charge is 2.36. The van der Waals surface area contributed by atoms with Gasteiger partial charge in [-0.25, -0.2) is 26.6 Å². The van der Waals surface area contributed by atoms with Crippen LogP contribution in [0.15, 0.2) is 78.0 Å². The summed E-state index contributed by atoms with van der Waals surface area (Å²) in [6.07, 6.45) is -2.31. The summed E-state index contributed by atoms with van der Waals surface area (Å²) in [5, 5.41) is 0.253. The predicted molar refractivity (Wildman–Crippen MR) is 138 cm³/mol. The predicted octanol–water partition coefficient (Wildman–Crippen LogP) is 7.56. The number of hydrogen-bond acceptors (Lipinski definition) is 3. The Balaban J connectivity index is 1.74. The fourth-order valence-electron chi connectivity index (χ4n) is 4.43. The zero-order valence-electron chi connectivity index (χ0n) is 20.8. The summed E-state index contributed by atoms with van der Waals surface area (Å²) in [6.45, 7) is 1.32. The molecule has 0 N–H and O–H groups in total. The average Bonchev–Trinajstić information content (AvgIpc) is 3.36. The lowest BCUT2D eigenvalue weighted by Gasteiger charge is -2.32. The van der Waals surface area contributed by atoms with Crippen LogP contribution in [0.2, 0.25) is 5.02 Å². The van der Waals surface area contributed by atoms with Gasteiger partial charge < -0.3 is 4.57 Å². The first-order valence-electron chi connectivity index (χ1n) is 11.9. The number of aromatic nitrogens is 2. The highest BCUT2D eigenvalue weighted by Crippen LogP contribution is 2.37. The van der Waals surface area contributed by atoms with Gasteiger partial charge >= 0.3 is 6.18 Å². The maximum atomic E-state index is 15.0. The van der Waals surface area contributed by atoms with E-state index in [4.69, 9.17) is 11.6 Å². The molecular weight excluding hydrogens is 580 g/mol. The average molecular weight is 602 g/mol. The quantitative estimate of drug-likeness (QED) is 0.186. The molecule has 0 radical (unpaired) electrons. The van der Waals surface area contributed by atoms with Crippen molar-refractivity contribution >= 4 is 27.3 Å². The fraction of sp³-hybridized carbons (Fsp3) is 0.222. The molecule has 4 rings (SSSR count). The molecule has 0 aliphatic carbocycles. The van der Waals surface area contributed by atoms with E-state index in [-0.39, 0.29) is 40.4 Å². The molecule has 13 heteroatoms.